The molecular formula is C15H21BrClNO3S. The molecule has 1 aliphatic rings. The molecule has 1 fully saturated rings. The first-order valence-corrected chi connectivity index (χ1v) is 10.2. The van der Waals surface area contributed by atoms with Crippen molar-refractivity contribution in [2.45, 2.75) is 49.5 Å². The molecule has 124 valence electrons. The zero-order valence-corrected chi connectivity index (χ0v) is 15.5. The van der Waals surface area contributed by atoms with E-state index in [9.17, 15) is 8.42 Å². The van der Waals surface area contributed by atoms with Gasteiger partial charge in [0.1, 0.15) is 4.90 Å². The fourth-order valence-electron chi connectivity index (χ4n) is 2.53. The smallest absolute Gasteiger partial charge is 0.242 e. The SMILES string of the molecule is O=S(=O)(NCCCOC1CCCCC1)c1ccc(Br)cc1Cl. The van der Waals surface area contributed by atoms with E-state index >= 15 is 0 Å². The Morgan fingerprint density at radius 1 is 1.27 bits per heavy atom. The zero-order valence-electron chi connectivity index (χ0n) is 12.4. The molecule has 0 radical (unpaired) electrons. The van der Waals surface area contributed by atoms with Gasteiger partial charge in [0, 0.05) is 17.6 Å². The van der Waals surface area contributed by atoms with Gasteiger partial charge >= 0.3 is 0 Å². The van der Waals surface area contributed by atoms with Gasteiger partial charge in [-0.1, -0.05) is 46.8 Å². The molecule has 1 aromatic rings. The fraction of sp³-hybridized carbons (Fsp3) is 0.600. The highest BCUT2D eigenvalue weighted by atomic mass is 79.9. The number of hydrogen-bond donors (Lipinski definition) is 1. The van der Waals surface area contributed by atoms with Gasteiger partial charge in [-0.3, -0.25) is 0 Å². The molecule has 0 heterocycles. The molecule has 2 rings (SSSR count). The molecule has 1 aromatic carbocycles. The maximum atomic E-state index is 12.2. The Morgan fingerprint density at radius 3 is 2.68 bits per heavy atom. The minimum absolute atomic E-state index is 0.102. The lowest BCUT2D eigenvalue weighted by molar-refractivity contribution is 0.0278. The van der Waals surface area contributed by atoms with Crippen molar-refractivity contribution in [3.8, 4) is 0 Å². The normalized spacial score (nSPS) is 16.8. The topological polar surface area (TPSA) is 55.4 Å². The summed E-state index contributed by atoms with van der Waals surface area (Å²) in [4.78, 5) is 0.102. The van der Waals surface area contributed by atoms with E-state index < -0.39 is 10.0 Å². The molecule has 1 aliphatic carbocycles. The van der Waals surface area contributed by atoms with Crippen LogP contribution in [0.3, 0.4) is 0 Å². The fourth-order valence-corrected chi connectivity index (χ4v) is 4.64. The van der Waals surface area contributed by atoms with Crippen molar-refractivity contribution in [1.29, 1.82) is 0 Å². The Kier molecular flexibility index (Phi) is 7.15. The predicted octanol–water partition coefficient (Wildman–Crippen LogP) is 4.12. The van der Waals surface area contributed by atoms with Gasteiger partial charge in [0.2, 0.25) is 10.0 Å². The van der Waals surface area contributed by atoms with Crippen LogP contribution in [0.25, 0.3) is 0 Å². The second kappa shape index (κ2) is 8.64. The van der Waals surface area contributed by atoms with Gasteiger partial charge in [0.15, 0.2) is 0 Å². The van der Waals surface area contributed by atoms with Gasteiger partial charge in [0.05, 0.1) is 11.1 Å². The van der Waals surface area contributed by atoms with Gasteiger partial charge in [-0.05, 0) is 37.5 Å². The van der Waals surface area contributed by atoms with Crippen LogP contribution in [0.15, 0.2) is 27.6 Å². The average molecular weight is 411 g/mol. The monoisotopic (exact) mass is 409 g/mol. The van der Waals surface area contributed by atoms with Crippen LogP contribution < -0.4 is 4.72 Å². The minimum Gasteiger partial charge on any atom is -0.378 e. The molecule has 0 bridgehead atoms. The summed E-state index contributed by atoms with van der Waals surface area (Å²) in [6.07, 6.45) is 7.03. The van der Waals surface area contributed by atoms with Crippen molar-refractivity contribution in [1.82, 2.24) is 4.72 Å². The number of rotatable bonds is 7. The standard InChI is InChI=1S/C15H21BrClNO3S/c16-12-7-8-15(14(17)11-12)22(19,20)18-9-4-10-21-13-5-2-1-3-6-13/h7-8,11,13,18H,1-6,9-10H2. The Balaban J connectivity index is 1.75. The molecule has 7 heteroatoms. The number of sulfonamides is 1. The average Bonchev–Trinajstić information content (AvgIpc) is 2.47. The zero-order chi connectivity index (χ0) is 16.0. The molecule has 4 nitrogen and oxygen atoms in total. The summed E-state index contributed by atoms with van der Waals surface area (Å²) >= 11 is 9.24. The van der Waals surface area contributed by atoms with Crippen LogP contribution in [0.5, 0.6) is 0 Å². The van der Waals surface area contributed by atoms with Crippen LogP contribution >= 0.6 is 27.5 Å². The van der Waals surface area contributed by atoms with E-state index in [1.165, 1.54) is 25.3 Å². The van der Waals surface area contributed by atoms with Crippen molar-refractivity contribution >= 4 is 37.6 Å². The summed E-state index contributed by atoms with van der Waals surface area (Å²) in [5, 5.41) is 0.209. The van der Waals surface area contributed by atoms with Crippen molar-refractivity contribution in [2.75, 3.05) is 13.2 Å². The van der Waals surface area contributed by atoms with Crippen LogP contribution in [0.1, 0.15) is 38.5 Å². The molecule has 0 unspecified atom stereocenters. The van der Waals surface area contributed by atoms with Gasteiger partial charge in [-0.15, -0.1) is 0 Å². The first-order valence-electron chi connectivity index (χ1n) is 7.55. The predicted molar refractivity (Wildman–Crippen MR) is 91.8 cm³/mol. The number of nitrogens with one attached hydrogen (secondary N) is 1. The van der Waals surface area contributed by atoms with Crippen LogP contribution in [0, 0.1) is 0 Å². The molecule has 1 saturated carbocycles. The van der Waals surface area contributed by atoms with E-state index in [0.717, 1.165) is 17.3 Å². The first kappa shape index (κ1) is 18.2. The summed E-state index contributed by atoms with van der Waals surface area (Å²) in [6.45, 7) is 0.933. The third kappa shape index (κ3) is 5.49. The third-order valence-electron chi connectivity index (χ3n) is 3.70. The summed E-state index contributed by atoms with van der Waals surface area (Å²) in [5.41, 5.74) is 0. The van der Waals surface area contributed by atoms with E-state index in [0.29, 0.717) is 25.7 Å². The Hall–Kier alpha value is -0.140. The number of ether oxygens (including phenoxy) is 1. The van der Waals surface area contributed by atoms with Crippen molar-refractivity contribution in [3.05, 3.63) is 27.7 Å². The van der Waals surface area contributed by atoms with Crippen LogP contribution in [-0.2, 0) is 14.8 Å². The van der Waals surface area contributed by atoms with Crippen LogP contribution in [-0.4, -0.2) is 27.7 Å². The highest BCUT2D eigenvalue weighted by molar-refractivity contribution is 9.10. The number of hydrogen-bond acceptors (Lipinski definition) is 3. The Bertz CT molecular complexity index is 588. The molecule has 0 aliphatic heterocycles. The maximum absolute atomic E-state index is 12.2. The second-order valence-corrected chi connectivity index (χ2v) is 8.52. The van der Waals surface area contributed by atoms with E-state index in [4.69, 9.17) is 16.3 Å². The van der Waals surface area contributed by atoms with Gasteiger partial charge in [0.25, 0.3) is 0 Å². The third-order valence-corrected chi connectivity index (χ3v) is 6.14. The largest absolute Gasteiger partial charge is 0.378 e. The van der Waals surface area contributed by atoms with Crippen LogP contribution in [0.4, 0.5) is 0 Å². The highest BCUT2D eigenvalue weighted by Gasteiger charge is 2.18. The van der Waals surface area contributed by atoms with Gasteiger partial charge in [-0.25, -0.2) is 13.1 Å². The van der Waals surface area contributed by atoms with E-state index in [1.54, 1.807) is 12.1 Å². The lowest BCUT2D eigenvalue weighted by Crippen LogP contribution is -2.26. The quantitative estimate of drug-likeness (QED) is 0.688. The Morgan fingerprint density at radius 2 is 2.00 bits per heavy atom. The summed E-state index contributed by atoms with van der Waals surface area (Å²) < 4.78 is 33.4. The molecular weight excluding hydrogens is 390 g/mol. The molecule has 0 saturated heterocycles. The minimum atomic E-state index is -3.57. The summed E-state index contributed by atoms with van der Waals surface area (Å²) in [7, 11) is -3.57. The van der Waals surface area contributed by atoms with Crippen molar-refractivity contribution in [2.24, 2.45) is 0 Å². The molecule has 1 N–H and O–H groups in total. The summed E-state index contributed by atoms with van der Waals surface area (Å²) in [6, 6.07) is 4.72. The van der Waals surface area contributed by atoms with Crippen molar-refractivity contribution < 1.29 is 13.2 Å². The molecule has 0 atom stereocenters. The Labute approximate surface area is 145 Å². The van der Waals surface area contributed by atoms with E-state index in [1.807, 2.05) is 0 Å². The molecule has 0 amide bonds. The summed E-state index contributed by atoms with van der Waals surface area (Å²) in [5.74, 6) is 0. The molecule has 22 heavy (non-hydrogen) atoms. The van der Waals surface area contributed by atoms with Crippen LogP contribution in [0.2, 0.25) is 5.02 Å². The number of halogens is 2. The van der Waals surface area contributed by atoms with Crippen molar-refractivity contribution in [3.63, 3.8) is 0 Å². The lowest BCUT2D eigenvalue weighted by Gasteiger charge is -2.21. The number of benzene rings is 1. The lowest BCUT2D eigenvalue weighted by atomic mass is 9.98. The van der Waals surface area contributed by atoms with E-state index in [-0.39, 0.29) is 9.92 Å². The molecule has 0 spiro atoms. The van der Waals surface area contributed by atoms with Gasteiger partial charge < -0.3 is 4.74 Å². The second-order valence-electron chi connectivity index (χ2n) is 5.46. The first-order chi connectivity index (χ1) is 10.5. The van der Waals surface area contributed by atoms with Gasteiger partial charge in [-0.2, -0.15) is 0 Å². The molecule has 0 aromatic heterocycles. The van der Waals surface area contributed by atoms with E-state index in [2.05, 4.69) is 20.7 Å². The highest BCUT2D eigenvalue weighted by Crippen LogP contribution is 2.25. The maximum Gasteiger partial charge on any atom is 0.242 e.